The summed E-state index contributed by atoms with van der Waals surface area (Å²) in [7, 11) is 0. The van der Waals surface area contributed by atoms with Crippen LogP contribution in [0.4, 0.5) is 10.1 Å². The van der Waals surface area contributed by atoms with E-state index >= 15 is 0 Å². The van der Waals surface area contributed by atoms with Crippen molar-refractivity contribution >= 4 is 29.4 Å². The SMILES string of the molecule is CC(=O)CNC(=O)C1=Cc2ccccc2N(Cc2ccc(C)c(F)c2)C(=O)C1. The maximum Gasteiger partial charge on any atom is 0.248 e. The van der Waals surface area contributed by atoms with E-state index in [1.807, 2.05) is 18.2 Å². The maximum atomic E-state index is 13.9. The fourth-order valence-corrected chi connectivity index (χ4v) is 3.04. The zero-order valence-corrected chi connectivity index (χ0v) is 15.8. The molecule has 1 aliphatic rings. The van der Waals surface area contributed by atoms with Crippen molar-refractivity contribution in [3.63, 3.8) is 0 Å². The van der Waals surface area contributed by atoms with Gasteiger partial charge in [-0.1, -0.05) is 30.3 Å². The number of carbonyl (C=O) groups excluding carboxylic acids is 3. The summed E-state index contributed by atoms with van der Waals surface area (Å²) in [6.07, 6.45) is 1.56. The first-order chi connectivity index (χ1) is 13.3. The summed E-state index contributed by atoms with van der Waals surface area (Å²) in [6.45, 7) is 3.17. The van der Waals surface area contributed by atoms with Crippen LogP contribution in [0.1, 0.15) is 30.0 Å². The van der Waals surface area contributed by atoms with Crippen molar-refractivity contribution in [1.82, 2.24) is 5.32 Å². The average Bonchev–Trinajstić information content (AvgIpc) is 2.80. The molecular formula is C22H21FN2O3. The monoisotopic (exact) mass is 380 g/mol. The van der Waals surface area contributed by atoms with E-state index < -0.39 is 5.91 Å². The van der Waals surface area contributed by atoms with Gasteiger partial charge >= 0.3 is 0 Å². The number of halogens is 1. The van der Waals surface area contributed by atoms with Gasteiger partial charge in [0.25, 0.3) is 0 Å². The molecule has 0 aromatic heterocycles. The van der Waals surface area contributed by atoms with Crippen LogP contribution in [-0.2, 0) is 20.9 Å². The Hall–Kier alpha value is -3.28. The van der Waals surface area contributed by atoms with E-state index in [-0.39, 0.29) is 42.6 Å². The summed E-state index contributed by atoms with van der Waals surface area (Å²) < 4.78 is 13.9. The van der Waals surface area contributed by atoms with E-state index in [2.05, 4.69) is 5.32 Å². The molecule has 0 bridgehead atoms. The van der Waals surface area contributed by atoms with Gasteiger partial charge in [-0.15, -0.1) is 0 Å². The lowest BCUT2D eigenvalue weighted by atomic mass is 10.1. The lowest BCUT2D eigenvalue weighted by molar-refractivity contribution is -0.123. The number of para-hydroxylation sites is 1. The number of amides is 2. The van der Waals surface area contributed by atoms with Gasteiger partial charge < -0.3 is 10.2 Å². The molecule has 28 heavy (non-hydrogen) atoms. The standard InChI is InChI=1S/C22H21FN2O3/c1-14-7-8-16(9-19(14)23)13-25-20-6-4-3-5-17(20)10-18(11-21(25)27)22(28)24-12-15(2)26/h3-10H,11-13H2,1-2H3,(H,24,28). The van der Waals surface area contributed by atoms with E-state index in [1.165, 1.54) is 13.0 Å². The molecular weight excluding hydrogens is 359 g/mol. The number of ketones is 1. The minimum atomic E-state index is -0.443. The molecule has 0 radical (unpaired) electrons. The van der Waals surface area contributed by atoms with Gasteiger partial charge in [0.2, 0.25) is 11.8 Å². The molecule has 5 nitrogen and oxygen atoms in total. The van der Waals surface area contributed by atoms with Gasteiger partial charge in [0.15, 0.2) is 0 Å². The number of rotatable bonds is 5. The normalized spacial score (nSPS) is 13.5. The zero-order valence-electron chi connectivity index (χ0n) is 15.8. The van der Waals surface area contributed by atoms with Crippen LogP contribution in [0.15, 0.2) is 48.0 Å². The van der Waals surface area contributed by atoms with Crippen molar-refractivity contribution in [2.45, 2.75) is 26.8 Å². The molecule has 2 aromatic rings. The fraction of sp³-hybridized carbons (Fsp3) is 0.227. The minimum absolute atomic E-state index is 0.0850. The van der Waals surface area contributed by atoms with Crippen LogP contribution < -0.4 is 10.2 Å². The van der Waals surface area contributed by atoms with Crippen molar-refractivity contribution in [3.05, 3.63) is 70.5 Å². The first kappa shape index (κ1) is 19.5. The lowest BCUT2D eigenvalue weighted by Gasteiger charge is -2.23. The number of nitrogens with zero attached hydrogens (tertiary/aromatic N) is 1. The first-order valence-electron chi connectivity index (χ1n) is 8.98. The Balaban J connectivity index is 1.92. The third-order valence-electron chi connectivity index (χ3n) is 4.57. The van der Waals surface area contributed by atoms with Crippen molar-refractivity contribution in [2.24, 2.45) is 0 Å². The molecule has 1 N–H and O–H groups in total. The number of anilines is 1. The maximum absolute atomic E-state index is 13.9. The quantitative estimate of drug-likeness (QED) is 0.867. The van der Waals surface area contributed by atoms with E-state index in [0.29, 0.717) is 22.4 Å². The number of hydrogen-bond donors (Lipinski definition) is 1. The summed E-state index contributed by atoms with van der Waals surface area (Å²) in [5.41, 5.74) is 2.86. The molecule has 2 amide bonds. The molecule has 0 atom stereocenters. The second kappa shape index (κ2) is 8.17. The van der Waals surface area contributed by atoms with Gasteiger partial charge in [0, 0.05) is 5.57 Å². The number of hydrogen-bond acceptors (Lipinski definition) is 3. The predicted octanol–water partition coefficient (Wildman–Crippen LogP) is 3.16. The Morgan fingerprint density at radius 1 is 1.18 bits per heavy atom. The molecule has 0 saturated carbocycles. The molecule has 0 aliphatic carbocycles. The largest absolute Gasteiger partial charge is 0.345 e. The van der Waals surface area contributed by atoms with Gasteiger partial charge in [0.1, 0.15) is 11.6 Å². The summed E-state index contributed by atoms with van der Waals surface area (Å²) in [4.78, 5) is 38.0. The average molecular weight is 380 g/mol. The summed E-state index contributed by atoms with van der Waals surface area (Å²) in [5.74, 6) is -1.20. The predicted molar refractivity (Wildman–Crippen MR) is 105 cm³/mol. The van der Waals surface area contributed by atoms with Crippen LogP contribution in [-0.4, -0.2) is 24.1 Å². The van der Waals surface area contributed by atoms with Crippen LogP contribution >= 0.6 is 0 Å². The van der Waals surface area contributed by atoms with E-state index in [1.54, 1.807) is 36.1 Å². The Kier molecular flexibility index (Phi) is 5.68. The number of nitrogens with one attached hydrogen (secondary N) is 1. The summed E-state index contributed by atoms with van der Waals surface area (Å²) in [5, 5.41) is 2.53. The van der Waals surface area contributed by atoms with Crippen LogP contribution in [0.25, 0.3) is 6.08 Å². The first-order valence-corrected chi connectivity index (χ1v) is 8.98. The smallest absolute Gasteiger partial charge is 0.248 e. The van der Waals surface area contributed by atoms with Crippen LogP contribution in [0.2, 0.25) is 0 Å². The van der Waals surface area contributed by atoms with Gasteiger partial charge in [-0.25, -0.2) is 4.39 Å². The lowest BCUT2D eigenvalue weighted by Crippen LogP contribution is -2.33. The molecule has 1 aliphatic heterocycles. The van der Waals surface area contributed by atoms with Crippen molar-refractivity contribution in [3.8, 4) is 0 Å². The molecule has 2 aromatic carbocycles. The third-order valence-corrected chi connectivity index (χ3v) is 4.57. The molecule has 1 heterocycles. The topological polar surface area (TPSA) is 66.5 Å². The number of carbonyl (C=O) groups is 3. The van der Waals surface area contributed by atoms with Gasteiger partial charge in [0.05, 0.1) is 25.2 Å². The number of benzene rings is 2. The van der Waals surface area contributed by atoms with Crippen LogP contribution in [0, 0.1) is 12.7 Å². The second-order valence-corrected chi connectivity index (χ2v) is 6.85. The van der Waals surface area contributed by atoms with Gasteiger partial charge in [-0.3, -0.25) is 14.4 Å². The molecule has 0 unspecified atom stereocenters. The highest BCUT2D eigenvalue weighted by Gasteiger charge is 2.26. The minimum Gasteiger partial charge on any atom is -0.345 e. The highest BCUT2D eigenvalue weighted by molar-refractivity contribution is 6.09. The molecule has 0 spiro atoms. The zero-order chi connectivity index (χ0) is 20.3. The highest BCUT2D eigenvalue weighted by atomic mass is 19.1. The Morgan fingerprint density at radius 3 is 2.64 bits per heavy atom. The number of fused-ring (bicyclic) bond motifs is 1. The Morgan fingerprint density at radius 2 is 1.93 bits per heavy atom. The van der Waals surface area contributed by atoms with Crippen molar-refractivity contribution < 1.29 is 18.8 Å². The van der Waals surface area contributed by atoms with E-state index in [9.17, 15) is 18.8 Å². The second-order valence-electron chi connectivity index (χ2n) is 6.85. The van der Waals surface area contributed by atoms with Crippen molar-refractivity contribution in [1.29, 1.82) is 0 Å². The van der Waals surface area contributed by atoms with E-state index in [0.717, 1.165) is 0 Å². The summed E-state index contributed by atoms with van der Waals surface area (Å²) >= 11 is 0. The number of aryl methyl sites for hydroxylation is 1. The Labute approximate surface area is 162 Å². The molecule has 6 heteroatoms. The van der Waals surface area contributed by atoms with Crippen LogP contribution in [0.5, 0.6) is 0 Å². The van der Waals surface area contributed by atoms with Crippen LogP contribution in [0.3, 0.4) is 0 Å². The number of Topliss-reactive ketones (excluding diaryl/α,β-unsaturated/α-hetero) is 1. The van der Waals surface area contributed by atoms with E-state index in [4.69, 9.17) is 0 Å². The van der Waals surface area contributed by atoms with Gasteiger partial charge in [-0.05, 0) is 48.7 Å². The Bertz CT molecular complexity index is 981. The highest BCUT2D eigenvalue weighted by Crippen LogP contribution is 2.30. The molecule has 0 fully saturated rings. The third kappa shape index (κ3) is 4.34. The van der Waals surface area contributed by atoms with Crippen molar-refractivity contribution in [2.75, 3.05) is 11.4 Å². The van der Waals surface area contributed by atoms with Gasteiger partial charge in [-0.2, -0.15) is 0 Å². The molecule has 144 valence electrons. The fourth-order valence-electron chi connectivity index (χ4n) is 3.04. The molecule has 3 rings (SSSR count). The summed E-state index contributed by atoms with van der Waals surface area (Å²) in [6, 6.07) is 12.1. The molecule has 0 saturated heterocycles.